The van der Waals surface area contributed by atoms with Crippen LogP contribution >= 0.6 is 11.9 Å². The van der Waals surface area contributed by atoms with Crippen LogP contribution in [0.1, 0.15) is 24.0 Å². The summed E-state index contributed by atoms with van der Waals surface area (Å²) in [5.74, 6) is 0. The van der Waals surface area contributed by atoms with Crippen LogP contribution in [0.4, 0.5) is 0 Å². The Morgan fingerprint density at radius 3 is 2.59 bits per heavy atom. The van der Waals surface area contributed by atoms with Crippen molar-refractivity contribution in [2.24, 2.45) is 0 Å². The van der Waals surface area contributed by atoms with Gasteiger partial charge in [0.25, 0.3) is 0 Å². The van der Waals surface area contributed by atoms with Crippen molar-refractivity contribution in [2.45, 2.75) is 30.6 Å². The van der Waals surface area contributed by atoms with Gasteiger partial charge in [-0.2, -0.15) is 0 Å². The van der Waals surface area contributed by atoms with Crippen molar-refractivity contribution in [3.05, 3.63) is 29.3 Å². The van der Waals surface area contributed by atoms with E-state index in [1.165, 1.54) is 30.6 Å². The van der Waals surface area contributed by atoms with E-state index in [0.29, 0.717) is 0 Å². The minimum Gasteiger partial charge on any atom is -0.314 e. The molecule has 1 heterocycles. The lowest BCUT2D eigenvalue weighted by atomic mass is 9.92. The normalized spacial score (nSPS) is 21.2. The maximum atomic E-state index is 3.40. The number of hydrogen-bond donors (Lipinski definition) is 1. The molecule has 0 bridgehead atoms. The molecule has 0 aromatic heterocycles. The Morgan fingerprint density at radius 2 is 1.76 bits per heavy atom. The number of benzene rings is 1. The maximum Gasteiger partial charge on any atom is 0.0233 e. The number of nitrogens with zero attached hydrogens (tertiary/aromatic N) is 1. The number of rotatable bonds is 2. The third-order valence-electron chi connectivity index (χ3n) is 3.63. The monoisotopic (exact) mass is 248 g/mol. The van der Waals surface area contributed by atoms with Gasteiger partial charge in [0.2, 0.25) is 0 Å². The van der Waals surface area contributed by atoms with Crippen LogP contribution in [-0.4, -0.2) is 30.5 Å². The fourth-order valence-electron chi connectivity index (χ4n) is 2.65. The lowest BCUT2D eigenvalue weighted by Crippen LogP contribution is -2.39. The molecule has 0 atom stereocenters. The van der Waals surface area contributed by atoms with E-state index in [4.69, 9.17) is 0 Å². The summed E-state index contributed by atoms with van der Waals surface area (Å²) in [6.07, 6.45) is 5.31. The van der Waals surface area contributed by atoms with Crippen molar-refractivity contribution in [3.8, 4) is 0 Å². The van der Waals surface area contributed by atoms with Crippen LogP contribution < -0.4 is 5.32 Å². The zero-order chi connectivity index (χ0) is 11.5. The van der Waals surface area contributed by atoms with Gasteiger partial charge in [-0.15, -0.1) is 0 Å². The first-order valence-electron chi connectivity index (χ1n) is 6.67. The van der Waals surface area contributed by atoms with Crippen molar-refractivity contribution in [2.75, 3.05) is 26.2 Å². The highest BCUT2D eigenvalue weighted by Crippen LogP contribution is 2.28. The molecule has 1 aliphatic heterocycles. The van der Waals surface area contributed by atoms with Gasteiger partial charge in [-0.25, -0.2) is 4.31 Å². The van der Waals surface area contributed by atoms with Crippen molar-refractivity contribution >= 4 is 11.9 Å². The van der Waals surface area contributed by atoms with Gasteiger partial charge in [-0.1, -0.05) is 6.07 Å². The van der Waals surface area contributed by atoms with Gasteiger partial charge < -0.3 is 5.32 Å². The Kier molecular flexibility index (Phi) is 3.69. The van der Waals surface area contributed by atoms with Crippen LogP contribution in [0, 0.1) is 0 Å². The first-order valence-corrected chi connectivity index (χ1v) is 7.44. The van der Waals surface area contributed by atoms with E-state index >= 15 is 0 Å². The Balaban J connectivity index is 1.70. The summed E-state index contributed by atoms with van der Waals surface area (Å²) >= 11 is 1.93. The molecule has 0 spiro atoms. The van der Waals surface area contributed by atoms with E-state index in [9.17, 15) is 0 Å². The fourth-order valence-corrected chi connectivity index (χ4v) is 3.64. The van der Waals surface area contributed by atoms with Crippen molar-refractivity contribution in [3.63, 3.8) is 0 Å². The molecule has 0 radical (unpaired) electrons. The van der Waals surface area contributed by atoms with Crippen LogP contribution in [-0.2, 0) is 12.8 Å². The summed E-state index contributed by atoms with van der Waals surface area (Å²) in [5.41, 5.74) is 3.18. The van der Waals surface area contributed by atoms with E-state index in [1.54, 1.807) is 11.1 Å². The highest BCUT2D eigenvalue weighted by atomic mass is 32.2. The molecule has 17 heavy (non-hydrogen) atoms. The molecule has 0 amide bonds. The van der Waals surface area contributed by atoms with E-state index in [-0.39, 0.29) is 0 Å². The zero-order valence-electron chi connectivity index (χ0n) is 10.2. The van der Waals surface area contributed by atoms with E-state index in [1.807, 2.05) is 11.9 Å². The highest BCUT2D eigenvalue weighted by molar-refractivity contribution is 7.97. The molecule has 2 nitrogen and oxygen atoms in total. The Hall–Kier alpha value is -0.510. The summed E-state index contributed by atoms with van der Waals surface area (Å²) in [7, 11) is 0. The fraction of sp³-hybridized carbons (Fsp3) is 0.571. The summed E-state index contributed by atoms with van der Waals surface area (Å²) in [4.78, 5) is 1.42. The third-order valence-corrected chi connectivity index (χ3v) is 4.72. The third kappa shape index (κ3) is 2.84. The van der Waals surface area contributed by atoms with Crippen LogP contribution in [0.2, 0.25) is 0 Å². The molecule has 92 valence electrons. The molecule has 1 aromatic rings. The Bertz CT molecular complexity index is 386. The Labute approximate surface area is 108 Å². The van der Waals surface area contributed by atoms with Crippen LogP contribution in [0.5, 0.6) is 0 Å². The molecule has 3 heteroatoms. The predicted molar refractivity (Wildman–Crippen MR) is 73.4 cm³/mol. The minimum absolute atomic E-state index is 1.12. The second-order valence-electron chi connectivity index (χ2n) is 4.91. The number of piperazine rings is 1. The van der Waals surface area contributed by atoms with Crippen LogP contribution in [0.3, 0.4) is 0 Å². The number of hydrogen-bond acceptors (Lipinski definition) is 3. The van der Waals surface area contributed by atoms with Gasteiger partial charge in [0, 0.05) is 31.1 Å². The molecule has 0 saturated carbocycles. The second kappa shape index (κ2) is 5.42. The molecule has 3 rings (SSSR count). The van der Waals surface area contributed by atoms with Gasteiger partial charge in [0.1, 0.15) is 0 Å². The smallest absolute Gasteiger partial charge is 0.0233 e. The first kappa shape index (κ1) is 11.6. The number of nitrogens with one attached hydrogen (secondary N) is 1. The molecule has 1 aromatic carbocycles. The second-order valence-corrected chi connectivity index (χ2v) is 6.08. The van der Waals surface area contributed by atoms with E-state index in [2.05, 4.69) is 27.8 Å². The Morgan fingerprint density at radius 1 is 1.00 bits per heavy atom. The molecule has 2 aliphatic rings. The standard InChI is InChI=1S/C14H20N2S/c1-2-4-13-11-14(6-5-12(13)3-1)17-16-9-7-15-8-10-16/h5-6,11,15H,1-4,7-10H2. The summed E-state index contributed by atoms with van der Waals surface area (Å²) in [6, 6.07) is 7.07. The topological polar surface area (TPSA) is 15.3 Å². The molecular weight excluding hydrogens is 228 g/mol. The van der Waals surface area contributed by atoms with Gasteiger partial charge in [-0.05, 0) is 60.9 Å². The maximum absolute atomic E-state index is 3.40. The van der Waals surface area contributed by atoms with Crippen molar-refractivity contribution in [1.29, 1.82) is 0 Å². The lowest BCUT2D eigenvalue weighted by Gasteiger charge is -2.26. The molecule has 1 aliphatic carbocycles. The van der Waals surface area contributed by atoms with Crippen molar-refractivity contribution < 1.29 is 0 Å². The van der Waals surface area contributed by atoms with Gasteiger partial charge in [0.05, 0.1) is 0 Å². The molecule has 1 N–H and O–H groups in total. The van der Waals surface area contributed by atoms with E-state index in [0.717, 1.165) is 26.2 Å². The summed E-state index contributed by atoms with van der Waals surface area (Å²) in [5, 5.41) is 3.40. The van der Waals surface area contributed by atoms with Crippen LogP contribution in [0.15, 0.2) is 23.1 Å². The highest BCUT2D eigenvalue weighted by Gasteiger charge is 2.13. The molecule has 1 saturated heterocycles. The first-order chi connectivity index (χ1) is 8.42. The van der Waals surface area contributed by atoms with Crippen LogP contribution in [0.25, 0.3) is 0 Å². The summed E-state index contributed by atoms with van der Waals surface area (Å²) in [6.45, 7) is 4.55. The van der Waals surface area contributed by atoms with Gasteiger partial charge >= 0.3 is 0 Å². The quantitative estimate of drug-likeness (QED) is 0.810. The van der Waals surface area contributed by atoms with E-state index < -0.39 is 0 Å². The summed E-state index contributed by atoms with van der Waals surface area (Å²) < 4.78 is 2.47. The number of aryl methyl sites for hydroxylation is 2. The SMILES string of the molecule is c1cc2c(cc1SN1CCNCC1)CCCC2. The van der Waals surface area contributed by atoms with Gasteiger partial charge in [0.15, 0.2) is 0 Å². The van der Waals surface area contributed by atoms with Crippen molar-refractivity contribution in [1.82, 2.24) is 9.62 Å². The zero-order valence-corrected chi connectivity index (χ0v) is 11.1. The average Bonchev–Trinajstić information content (AvgIpc) is 2.40. The number of fused-ring (bicyclic) bond motifs is 1. The predicted octanol–water partition coefficient (Wildman–Crippen LogP) is 2.48. The van der Waals surface area contributed by atoms with Gasteiger partial charge in [-0.3, -0.25) is 0 Å². The average molecular weight is 248 g/mol. The minimum atomic E-state index is 1.12. The molecular formula is C14H20N2S. The molecule has 0 unspecified atom stereocenters. The molecule has 1 fully saturated rings. The largest absolute Gasteiger partial charge is 0.314 e. The lowest BCUT2D eigenvalue weighted by molar-refractivity contribution is 0.396.